The van der Waals surface area contributed by atoms with Crippen molar-refractivity contribution >= 4 is 29.6 Å². The number of nitrogens with zero attached hydrogens (tertiary/aromatic N) is 1. The van der Waals surface area contributed by atoms with Gasteiger partial charge in [0.25, 0.3) is 0 Å². The molecule has 1 aromatic rings. The molecule has 0 aliphatic carbocycles. The average Bonchev–Trinajstić information content (AvgIpc) is 3.01. The highest BCUT2D eigenvalue weighted by molar-refractivity contribution is 8.00. The standard InChI is InChI=1S/C19H24N2O5S/c22-17-13(7-4-8-16-21(17)15(11-27-16)19(25)26)20-14(18(23)24)10-9-12-5-2-1-3-6-12/h1-3,5-6,13-16,20H,4,7-11H2,(H,23,24)(H,25,26)/t13-,14?,15?,16?/m0/s1. The van der Waals surface area contributed by atoms with Crippen molar-refractivity contribution in [1.82, 2.24) is 10.2 Å². The zero-order chi connectivity index (χ0) is 19.4. The molecule has 0 aromatic heterocycles. The van der Waals surface area contributed by atoms with Crippen molar-refractivity contribution in [1.29, 1.82) is 0 Å². The number of hydrogen-bond donors (Lipinski definition) is 3. The summed E-state index contributed by atoms with van der Waals surface area (Å²) in [5.41, 5.74) is 1.04. The first kappa shape index (κ1) is 19.7. The van der Waals surface area contributed by atoms with Gasteiger partial charge < -0.3 is 15.1 Å². The number of rotatable bonds is 7. The van der Waals surface area contributed by atoms with Crippen LogP contribution in [0.3, 0.4) is 0 Å². The van der Waals surface area contributed by atoms with Gasteiger partial charge in [0.15, 0.2) is 0 Å². The molecule has 4 atom stereocenters. The first-order valence-corrected chi connectivity index (χ1v) is 10.2. The molecule has 2 heterocycles. The number of carboxylic acid groups (broad SMARTS) is 2. The monoisotopic (exact) mass is 392 g/mol. The largest absolute Gasteiger partial charge is 0.480 e. The molecule has 2 aliphatic rings. The minimum atomic E-state index is -1.00. The van der Waals surface area contributed by atoms with E-state index in [1.165, 1.54) is 16.7 Å². The van der Waals surface area contributed by atoms with E-state index in [1.807, 2.05) is 30.3 Å². The Morgan fingerprint density at radius 1 is 1.22 bits per heavy atom. The van der Waals surface area contributed by atoms with Crippen LogP contribution in [0.2, 0.25) is 0 Å². The lowest BCUT2D eigenvalue weighted by Crippen LogP contribution is -2.55. The van der Waals surface area contributed by atoms with Gasteiger partial charge in [0.05, 0.1) is 11.4 Å². The van der Waals surface area contributed by atoms with Crippen molar-refractivity contribution in [2.24, 2.45) is 0 Å². The molecule has 2 fully saturated rings. The van der Waals surface area contributed by atoms with E-state index in [2.05, 4.69) is 5.32 Å². The van der Waals surface area contributed by atoms with Crippen LogP contribution in [0.1, 0.15) is 31.2 Å². The minimum Gasteiger partial charge on any atom is -0.480 e. The molecule has 1 aromatic carbocycles. The summed E-state index contributed by atoms with van der Waals surface area (Å²) in [5, 5.41) is 21.9. The zero-order valence-corrected chi connectivity index (χ0v) is 15.7. The van der Waals surface area contributed by atoms with Crippen LogP contribution in [-0.4, -0.2) is 62.2 Å². The van der Waals surface area contributed by atoms with Crippen LogP contribution >= 0.6 is 11.8 Å². The number of carbonyl (C=O) groups excluding carboxylic acids is 1. The number of benzene rings is 1. The van der Waals surface area contributed by atoms with E-state index < -0.39 is 30.1 Å². The van der Waals surface area contributed by atoms with Gasteiger partial charge in [-0.25, -0.2) is 4.79 Å². The van der Waals surface area contributed by atoms with Gasteiger partial charge in [-0.15, -0.1) is 11.8 Å². The van der Waals surface area contributed by atoms with Crippen LogP contribution in [0.25, 0.3) is 0 Å². The van der Waals surface area contributed by atoms with Crippen molar-refractivity contribution in [3.05, 3.63) is 35.9 Å². The highest BCUT2D eigenvalue weighted by Gasteiger charge is 2.45. The Kier molecular flexibility index (Phi) is 6.38. The van der Waals surface area contributed by atoms with E-state index >= 15 is 0 Å². The number of carboxylic acids is 2. The summed E-state index contributed by atoms with van der Waals surface area (Å²) in [4.78, 5) is 37.6. The van der Waals surface area contributed by atoms with E-state index in [4.69, 9.17) is 0 Å². The Morgan fingerprint density at radius 2 is 1.96 bits per heavy atom. The molecular formula is C19H24N2O5S. The molecule has 3 rings (SSSR count). The van der Waals surface area contributed by atoms with E-state index in [-0.39, 0.29) is 11.3 Å². The van der Waals surface area contributed by atoms with Gasteiger partial charge in [-0.2, -0.15) is 0 Å². The maximum absolute atomic E-state index is 13.0. The third-order valence-electron chi connectivity index (χ3n) is 5.14. The summed E-state index contributed by atoms with van der Waals surface area (Å²) in [6, 6.07) is 7.27. The number of fused-ring (bicyclic) bond motifs is 1. The molecule has 27 heavy (non-hydrogen) atoms. The number of nitrogens with one attached hydrogen (secondary N) is 1. The SMILES string of the molecule is O=C(O)C(CCc1ccccc1)N[C@H]1CCCC2SCC(C(=O)O)N2C1=O. The van der Waals surface area contributed by atoms with Gasteiger partial charge in [0.2, 0.25) is 5.91 Å². The topological polar surface area (TPSA) is 107 Å². The Labute approximate surface area is 162 Å². The molecule has 0 spiro atoms. The third-order valence-corrected chi connectivity index (χ3v) is 6.49. The number of carbonyl (C=O) groups is 3. The third kappa shape index (κ3) is 4.62. The number of aliphatic carboxylic acids is 2. The Bertz CT molecular complexity index is 699. The zero-order valence-electron chi connectivity index (χ0n) is 14.9. The fourth-order valence-corrected chi connectivity index (χ4v) is 5.16. The van der Waals surface area contributed by atoms with E-state index in [0.29, 0.717) is 25.0 Å². The molecule has 8 heteroatoms. The second kappa shape index (κ2) is 8.75. The van der Waals surface area contributed by atoms with Crippen molar-refractivity contribution in [3.8, 4) is 0 Å². The van der Waals surface area contributed by atoms with Crippen molar-refractivity contribution in [3.63, 3.8) is 0 Å². The highest BCUT2D eigenvalue weighted by Crippen LogP contribution is 2.35. The van der Waals surface area contributed by atoms with E-state index in [0.717, 1.165) is 18.4 Å². The van der Waals surface area contributed by atoms with E-state index in [9.17, 15) is 24.6 Å². The quantitative estimate of drug-likeness (QED) is 0.646. The van der Waals surface area contributed by atoms with Crippen LogP contribution in [0.5, 0.6) is 0 Å². The maximum Gasteiger partial charge on any atom is 0.327 e. The molecule has 1 amide bonds. The fourth-order valence-electron chi connectivity index (χ4n) is 3.70. The minimum absolute atomic E-state index is 0.127. The Morgan fingerprint density at radius 3 is 2.63 bits per heavy atom. The average molecular weight is 392 g/mol. The molecule has 146 valence electrons. The Balaban J connectivity index is 1.68. The first-order chi connectivity index (χ1) is 13.0. The summed E-state index contributed by atoms with van der Waals surface area (Å²) in [5.74, 6) is -1.90. The molecule has 2 aliphatic heterocycles. The van der Waals surface area contributed by atoms with Crippen molar-refractivity contribution in [2.45, 2.75) is 55.6 Å². The lowest BCUT2D eigenvalue weighted by Gasteiger charge is -2.29. The normalized spacial score (nSPS) is 26.3. The molecule has 7 nitrogen and oxygen atoms in total. The number of thioether (sulfide) groups is 1. The van der Waals surface area contributed by atoms with Crippen molar-refractivity contribution < 1.29 is 24.6 Å². The van der Waals surface area contributed by atoms with Gasteiger partial charge in [0, 0.05) is 5.75 Å². The maximum atomic E-state index is 13.0. The van der Waals surface area contributed by atoms with Crippen LogP contribution < -0.4 is 5.32 Å². The summed E-state index contributed by atoms with van der Waals surface area (Å²) in [6.07, 6.45) is 2.97. The predicted octanol–water partition coefficient (Wildman–Crippen LogP) is 1.57. The lowest BCUT2D eigenvalue weighted by molar-refractivity contribution is -0.150. The molecule has 0 saturated carbocycles. The molecule has 3 unspecified atom stereocenters. The second-order valence-corrected chi connectivity index (χ2v) is 8.16. The van der Waals surface area contributed by atoms with Crippen LogP contribution in [0.4, 0.5) is 0 Å². The van der Waals surface area contributed by atoms with Gasteiger partial charge in [-0.05, 0) is 37.7 Å². The number of amides is 1. The highest BCUT2D eigenvalue weighted by atomic mass is 32.2. The molecule has 0 radical (unpaired) electrons. The summed E-state index contributed by atoms with van der Waals surface area (Å²) in [7, 11) is 0. The molecule has 0 bridgehead atoms. The summed E-state index contributed by atoms with van der Waals surface area (Å²) < 4.78 is 0. The van der Waals surface area contributed by atoms with Gasteiger partial charge in [-0.3, -0.25) is 14.9 Å². The predicted molar refractivity (Wildman–Crippen MR) is 101 cm³/mol. The van der Waals surface area contributed by atoms with Gasteiger partial charge >= 0.3 is 11.9 Å². The fraction of sp³-hybridized carbons (Fsp3) is 0.526. The smallest absolute Gasteiger partial charge is 0.327 e. The first-order valence-electron chi connectivity index (χ1n) is 9.16. The number of aryl methyl sites for hydroxylation is 1. The summed E-state index contributed by atoms with van der Waals surface area (Å²) in [6.45, 7) is 0. The van der Waals surface area contributed by atoms with Gasteiger partial charge in [-0.1, -0.05) is 30.3 Å². The molecule has 2 saturated heterocycles. The lowest BCUT2D eigenvalue weighted by atomic mass is 10.0. The Hall–Kier alpha value is -2.06. The van der Waals surface area contributed by atoms with Crippen LogP contribution in [-0.2, 0) is 20.8 Å². The van der Waals surface area contributed by atoms with Crippen LogP contribution in [0.15, 0.2) is 30.3 Å². The summed E-state index contributed by atoms with van der Waals surface area (Å²) >= 11 is 1.49. The molecular weight excluding hydrogens is 368 g/mol. The second-order valence-electron chi connectivity index (χ2n) is 6.95. The van der Waals surface area contributed by atoms with Crippen molar-refractivity contribution in [2.75, 3.05) is 5.75 Å². The number of hydrogen-bond acceptors (Lipinski definition) is 5. The van der Waals surface area contributed by atoms with Gasteiger partial charge in [0.1, 0.15) is 12.1 Å². The van der Waals surface area contributed by atoms with Crippen LogP contribution in [0, 0.1) is 0 Å². The van der Waals surface area contributed by atoms with E-state index in [1.54, 1.807) is 0 Å². The molecule has 3 N–H and O–H groups in total.